The second-order valence-corrected chi connectivity index (χ2v) is 11.7. The Bertz CT molecular complexity index is 2080. The van der Waals surface area contributed by atoms with Crippen molar-refractivity contribution < 1.29 is 4.42 Å². The summed E-state index contributed by atoms with van der Waals surface area (Å²) in [4.78, 5) is 7.21. The van der Waals surface area contributed by atoms with E-state index in [2.05, 4.69) is 134 Å². The predicted molar refractivity (Wildman–Crippen MR) is 177 cm³/mol. The first-order valence-corrected chi connectivity index (χ1v) is 14.7. The maximum atomic E-state index is 6.26. The summed E-state index contributed by atoms with van der Waals surface area (Å²) in [6.45, 7) is 4.62. The van der Waals surface area contributed by atoms with E-state index in [4.69, 9.17) is 9.40 Å². The summed E-state index contributed by atoms with van der Waals surface area (Å²) >= 11 is 0. The average Bonchev–Trinajstić information content (AvgIpc) is 3.58. The number of aromatic nitrogens is 1. The van der Waals surface area contributed by atoms with Gasteiger partial charge in [0.1, 0.15) is 5.52 Å². The molecular weight excluding hydrogens is 524 g/mol. The van der Waals surface area contributed by atoms with Gasteiger partial charge in [-0.2, -0.15) is 0 Å². The molecule has 8 rings (SSSR count). The molecule has 0 atom stereocenters. The Hall–Kier alpha value is -5.41. The number of rotatable bonds is 5. The van der Waals surface area contributed by atoms with E-state index in [1.54, 1.807) is 0 Å². The number of hydrogen-bond acceptors (Lipinski definition) is 3. The summed E-state index contributed by atoms with van der Waals surface area (Å²) < 4.78 is 6.26. The van der Waals surface area contributed by atoms with E-state index >= 15 is 0 Å². The predicted octanol–water partition coefficient (Wildman–Crippen LogP) is 10.9. The SMILES string of the molecule is CC1(C)c2cc(N(c3ccccc3)c3ccc(-c4ccccc4)cc3)ccc2-c2cc3oc(-c4ccccc4)nc3cc21. The lowest BCUT2D eigenvalue weighted by molar-refractivity contribution is 0.619. The van der Waals surface area contributed by atoms with Gasteiger partial charge in [0.05, 0.1) is 0 Å². The van der Waals surface area contributed by atoms with Crippen molar-refractivity contribution in [2.24, 2.45) is 0 Å². The van der Waals surface area contributed by atoms with Crippen LogP contribution in [0, 0.1) is 0 Å². The van der Waals surface area contributed by atoms with Gasteiger partial charge >= 0.3 is 0 Å². The zero-order chi connectivity index (χ0) is 29.0. The Labute approximate surface area is 251 Å². The summed E-state index contributed by atoms with van der Waals surface area (Å²) in [6, 6.07) is 51.3. The maximum absolute atomic E-state index is 6.26. The fourth-order valence-corrected chi connectivity index (χ4v) is 6.44. The van der Waals surface area contributed by atoms with E-state index < -0.39 is 0 Å². The third kappa shape index (κ3) is 4.24. The number of benzene rings is 6. The number of oxazole rings is 1. The fraction of sp³-hybridized carbons (Fsp3) is 0.0750. The highest BCUT2D eigenvalue weighted by atomic mass is 16.3. The zero-order valence-electron chi connectivity index (χ0n) is 24.2. The quantitative estimate of drug-likeness (QED) is 0.212. The van der Waals surface area contributed by atoms with Gasteiger partial charge in [0.15, 0.2) is 5.58 Å². The minimum Gasteiger partial charge on any atom is -0.436 e. The molecule has 0 spiro atoms. The van der Waals surface area contributed by atoms with Gasteiger partial charge in [-0.3, -0.25) is 0 Å². The van der Waals surface area contributed by atoms with Crippen LogP contribution in [0.3, 0.4) is 0 Å². The molecule has 0 saturated carbocycles. The maximum Gasteiger partial charge on any atom is 0.227 e. The van der Waals surface area contributed by atoms with Crippen molar-refractivity contribution >= 4 is 28.2 Å². The zero-order valence-corrected chi connectivity index (χ0v) is 24.2. The molecule has 0 radical (unpaired) electrons. The molecule has 43 heavy (non-hydrogen) atoms. The normalized spacial score (nSPS) is 13.1. The Kier molecular flexibility index (Phi) is 5.80. The number of nitrogens with zero attached hydrogens (tertiary/aromatic N) is 2. The van der Waals surface area contributed by atoms with Crippen molar-refractivity contribution in [2.75, 3.05) is 4.90 Å². The Morgan fingerprint density at radius 2 is 1.07 bits per heavy atom. The van der Waals surface area contributed by atoms with E-state index in [1.165, 1.54) is 33.4 Å². The van der Waals surface area contributed by atoms with Gasteiger partial charge in [0, 0.05) is 28.0 Å². The van der Waals surface area contributed by atoms with Crippen LogP contribution < -0.4 is 4.90 Å². The van der Waals surface area contributed by atoms with E-state index in [1.807, 2.05) is 30.3 Å². The Morgan fingerprint density at radius 3 is 1.77 bits per heavy atom. The van der Waals surface area contributed by atoms with E-state index in [9.17, 15) is 0 Å². The summed E-state index contributed by atoms with van der Waals surface area (Å²) in [7, 11) is 0. The number of anilines is 3. The molecule has 3 heteroatoms. The van der Waals surface area contributed by atoms with Crippen molar-refractivity contribution in [3.8, 4) is 33.7 Å². The van der Waals surface area contributed by atoms with Crippen LogP contribution in [0.15, 0.2) is 150 Å². The molecule has 1 aliphatic carbocycles. The van der Waals surface area contributed by atoms with Crippen molar-refractivity contribution in [1.82, 2.24) is 4.98 Å². The molecule has 0 saturated heterocycles. The van der Waals surface area contributed by atoms with Crippen molar-refractivity contribution in [1.29, 1.82) is 0 Å². The molecule has 0 N–H and O–H groups in total. The Balaban J connectivity index is 1.22. The molecule has 3 nitrogen and oxygen atoms in total. The van der Waals surface area contributed by atoms with Crippen LogP contribution in [0.1, 0.15) is 25.0 Å². The average molecular weight is 555 g/mol. The van der Waals surface area contributed by atoms with Crippen LogP contribution >= 0.6 is 0 Å². The highest BCUT2D eigenvalue weighted by molar-refractivity contribution is 5.92. The lowest BCUT2D eigenvalue weighted by Crippen LogP contribution is -2.16. The van der Waals surface area contributed by atoms with Gasteiger partial charge in [-0.15, -0.1) is 0 Å². The summed E-state index contributed by atoms with van der Waals surface area (Å²) in [6.07, 6.45) is 0. The number of para-hydroxylation sites is 1. The van der Waals surface area contributed by atoms with Gasteiger partial charge in [-0.05, 0) is 94.0 Å². The van der Waals surface area contributed by atoms with Crippen LogP contribution in [-0.4, -0.2) is 4.98 Å². The lowest BCUT2D eigenvalue weighted by Gasteiger charge is -2.28. The first kappa shape index (κ1) is 25.3. The third-order valence-electron chi connectivity index (χ3n) is 8.69. The summed E-state index contributed by atoms with van der Waals surface area (Å²) in [5, 5.41) is 0. The summed E-state index contributed by atoms with van der Waals surface area (Å²) in [5.41, 5.74) is 13.3. The molecular formula is C40H30N2O. The van der Waals surface area contributed by atoms with E-state index in [0.29, 0.717) is 5.89 Å². The van der Waals surface area contributed by atoms with Gasteiger partial charge in [0.2, 0.25) is 5.89 Å². The van der Waals surface area contributed by atoms with Crippen LogP contribution in [-0.2, 0) is 5.41 Å². The van der Waals surface area contributed by atoms with Crippen molar-refractivity contribution in [2.45, 2.75) is 19.3 Å². The molecule has 0 fully saturated rings. The topological polar surface area (TPSA) is 29.3 Å². The van der Waals surface area contributed by atoms with Crippen molar-refractivity contribution in [3.05, 3.63) is 157 Å². The minimum atomic E-state index is -0.194. The van der Waals surface area contributed by atoms with Crippen LogP contribution in [0.25, 0.3) is 44.8 Å². The minimum absolute atomic E-state index is 0.194. The molecule has 1 aliphatic rings. The molecule has 0 aliphatic heterocycles. The van der Waals surface area contributed by atoms with Crippen LogP contribution in [0.2, 0.25) is 0 Å². The highest BCUT2D eigenvalue weighted by Gasteiger charge is 2.37. The molecule has 6 aromatic carbocycles. The smallest absolute Gasteiger partial charge is 0.227 e. The van der Waals surface area contributed by atoms with Gasteiger partial charge < -0.3 is 9.32 Å². The standard InChI is InChI=1S/C40H30N2O/c1-40(2)35-24-32(42(30-16-10-5-11-17-30)31-20-18-28(19-21-31)27-12-6-3-7-13-27)22-23-33(35)34-25-38-37(26-36(34)40)41-39(43-38)29-14-8-4-9-15-29/h3-26H,1-2H3. The second kappa shape index (κ2) is 9.85. The Morgan fingerprint density at radius 1 is 0.512 bits per heavy atom. The van der Waals surface area contributed by atoms with Crippen molar-refractivity contribution in [3.63, 3.8) is 0 Å². The van der Waals surface area contributed by atoms with Gasteiger partial charge in [0.25, 0.3) is 0 Å². The van der Waals surface area contributed by atoms with E-state index in [-0.39, 0.29) is 5.41 Å². The molecule has 7 aromatic rings. The number of hydrogen-bond donors (Lipinski definition) is 0. The monoisotopic (exact) mass is 554 g/mol. The molecule has 206 valence electrons. The fourth-order valence-electron chi connectivity index (χ4n) is 6.44. The molecule has 0 unspecified atom stereocenters. The molecule has 0 amide bonds. The second-order valence-electron chi connectivity index (χ2n) is 11.7. The van der Waals surface area contributed by atoms with E-state index in [0.717, 1.165) is 33.7 Å². The molecule has 0 bridgehead atoms. The molecule has 1 heterocycles. The largest absolute Gasteiger partial charge is 0.436 e. The highest BCUT2D eigenvalue weighted by Crippen LogP contribution is 2.52. The van der Waals surface area contributed by atoms with Gasteiger partial charge in [-0.25, -0.2) is 4.98 Å². The van der Waals surface area contributed by atoms with Gasteiger partial charge in [-0.1, -0.05) is 98.8 Å². The summed E-state index contributed by atoms with van der Waals surface area (Å²) in [5.74, 6) is 0.657. The first-order chi connectivity index (χ1) is 21.1. The number of fused-ring (bicyclic) bond motifs is 4. The van der Waals surface area contributed by atoms with Crippen LogP contribution in [0.5, 0.6) is 0 Å². The third-order valence-corrected chi connectivity index (χ3v) is 8.69. The van der Waals surface area contributed by atoms with Crippen LogP contribution in [0.4, 0.5) is 17.1 Å². The first-order valence-electron chi connectivity index (χ1n) is 14.7. The molecule has 1 aromatic heterocycles. The lowest BCUT2D eigenvalue weighted by atomic mass is 9.82.